The summed E-state index contributed by atoms with van der Waals surface area (Å²) in [5.41, 5.74) is -0.270. The van der Waals surface area contributed by atoms with Crippen LogP contribution in [0, 0.1) is 0 Å². The molecule has 0 atom stereocenters. The predicted octanol–water partition coefficient (Wildman–Crippen LogP) is 0.253. The van der Waals surface area contributed by atoms with Crippen LogP contribution in [0.15, 0.2) is 27.6 Å². The number of carbonyl (C=O) groups excluding carboxylic acids is 2. The van der Waals surface area contributed by atoms with Crippen molar-refractivity contribution in [2.45, 2.75) is 19.9 Å². The van der Waals surface area contributed by atoms with Crippen LogP contribution in [0.4, 0.5) is 0 Å². The van der Waals surface area contributed by atoms with E-state index in [1.165, 1.54) is 16.8 Å². The molecule has 1 aromatic rings. The van der Waals surface area contributed by atoms with E-state index in [0.717, 1.165) is 6.42 Å². The number of hydrogen-bond donors (Lipinski definition) is 2. The normalized spacial score (nSPS) is 10.0. The highest BCUT2D eigenvalue weighted by Crippen LogP contribution is 2.04. The maximum atomic E-state index is 11.6. The van der Waals surface area contributed by atoms with Crippen LogP contribution < -0.4 is 16.2 Å². The molecule has 0 aromatic carbocycles. The van der Waals surface area contributed by atoms with Crippen LogP contribution in [-0.2, 0) is 16.1 Å². The van der Waals surface area contributed by atoms with Gasteiger partial charge in [0.25, 0.3) is 5.56 Å². The van der Waals surface area contributed by atoms with E-state index in [2.05, 4.69) is 26.6 Å². The second-order valence-electron chi connectivity index (χ2n) is 3.94. The van der Waals surface area contributed by atoms with Crippen LogP contribution in [0.5, 0.6) is 0 Å². The van der Waals surface area contributed by atoms with E-state index in [1.807, 2.05) is 6.92 Å². The van der Waals surface area contributed by atoms with E-state index in [-0.39, 0.29) is 30.5 Å². The molecule has 0 radical (unpaired) electrons. The van der Waals surface area contributed by atoms with Crippen molar-refractivity contribution in [3.05, 3.63) is 33.2 Å². The van der Waals surface area contributed by atoms with Crippen LogP contribution in [0.1, 0.15) is 13.3 Å². The van der Waals surface area contributed by atoms with Gasteiger partial charge in [-0.25, -0.2) is 0 Å². The van der Waals surface area contributed by atoms with Crippen LogP contribution >= 0.6 is 15.9 Å². The number of carbonyl (C=O) groups is 2. The van der Waals surface area contributed by atoms with E-state index >= 15 is 0 Å². The van der Waals surface area contributed by atoms with Gasteiger partial charge in [-0.15, -0.1) is 0 Å². The molecule has 0 saturated carbocycles. The molecule has 19 heavy (non-hydrogen) atoms. The minimum atomic E-state index is -0.383. The number of aromatic nitrogens is 1. The Morgan fingerprint density at radius 2 is 2.00 bits per heavy atom. The average molecular weight is 330 g/mol. The Hall–Kier alpha value is -1.63. The fourth-order valence-corrected chi connectivity index (χ4v) is 1.72. The number of nitrogens with one attached hydrogen (secondary N) is 2. The molecular weight excluding hydrogens is 314 g/mol. The molecule has 1 aromatic heterocycles. The van der Waals surface area contributed by atoms with Crippen molar-refractivity contribution in [3.8, 4) is 0 Å². The van der Waals surface area contributed by atoms with Gasteiger partial charge < -0.3 is 15.2 Å². The summed E-state index contributed by atoms with van der Waals surface area (Å²) < 4.78 is 1.98. The lowest BCUT2D eigenvalue weighted by Crippen LogP contribution is -2.39. The number of halogens is 1. The van der Waals surface area contributed by atoms with Crippen molar-refractivity contribution in [2.24, 2.45) is 0 Å². The molecule has 2 amide bonds. The first-order valence-electron chi connectivity index (χ1n) is 5.92. The third kappa shape index (κ3) is 5.69. The predicted molar refractivity (Wildman–Crippen MR) is 74.7 cm³/mol. The molecule has 0 aliphatic heterocycles. The molecule has 0 fully saturated rings. The molecular formula is C12H16BrN3O3. The summed E-state index contributed by atoms with van der Waals surface area (Å²) in [7, 11) is 0. The molecule has 1 rings (SSSR count). The molecule has 0 spiro atoms. The molecule has 0 unspecified atom stereocenters. The van der Waals surface area contributed by atoms with Crippen molar-refractivity contribution < 1.29 is 9.59 Å². The summed E-state index contributed by atoms with van der Waals surface area (Å²) in [6.07, 6.45) is 2.37. The second-order valence-corrected chi connectivity index (χ2v) is 4.86. The van der Waals surface area contributed by atoms with E-state index < -0.39 is 0 Å². The number of amides is 2. The highest BCUT2D eigenvalue weighted by molar-refractivity contribution is 9.10. The fourth-order valence-electron chi connectivity index (χ4n) is 1.34. The third-order valence-electron chi connectivity index (χ3n) is 2.28. The summed E-state index contributed by atoms with van der Waals surface area (Å²) in [5.74, 6) is -0.622. The van der Waals surface area contributed by atoms with Gasteiger partial charge in [0.15, 0.2) is 0 Å². The summed E-state index contributed by atoms with van der Waals surface area (Å²) in [5, 5.41) is 5.10. The van der Waals surface area contributed by atoms with Gasteiger partial charge in [0.05, 0.1) is 6.54 Å². The van der Waals surface area contributed by atoms with Gasteiger partial charge in [-0.3, -0.25) is 14.4 Å². The summed E-state index contributed by atoms with van der Waals surface area (Å²) in [6.45, 7) is 2.33. The van der Waals surface area contributed by atoms with Crippen molar-refractivity contribution in [2.75, 3.05) is 13.1 Å². The van der Waals surface area contributed by atoms with Crippen LogP contribution in [0.25, 0.3) is 0 Å². The Kier molecular flexibility index (Phi) is 6.27. The summed E-state index contributed by atoms with van der Waals surface area (Å²) in [4.78, 5) is 34.3. The first-order chi connectivity index (χ1) is 9.02. The second kappa shape index (κ2) is 7.73. The summed E-state index contributed by atoms with van der Waals surface area (Å²) in [6, 6.07) is 2.97. The Labute approximate surface area is 119 Å². The maximum absolute atomic E-state index is 11.6. The molecule has 104 valence electrons. The van der Waals surface area contributed by atoms with Gasteiger partial charge in [0, 0.05) is 23.3 Å². The monoisotopic (exact) mass is 329 g/mol. The highest BCUT2D eigenvalue weighted by Gasteiger charge is 2.07. The quantitative estimate of drug-likeness (QED) is 0.785. The van der Waals surface area contributed by atoms with Gasteiger partial charge in [0.1, 0.15) is 6.54 Å². The van der Waals surface area contributed by atoms with Gasteiger partial charge in [-0.2, -0.15) is 0 Å². The van der Waals surface area contributed by atoms with Gasteiger partial charge in [-0.05, 0) is 28.4 Å². The first-order valence-corrected chi connectivity index (χ1v) is 6.71. The number of pyridine rings is 1. The van der Waals surface area contributed by atoms with Crippen molar-refractivity contribution in [1.29, 1.82) is 0 Å². The van der Waals surface area contributed by atoms with E-state index in [4.69, 9.17) is 0 Å². The van der Waals surface area contributed by atoms with Gasteiger partial charge >= 0.3 is 0 Å². The lowest BCUT2D eigenvalue weighted by molar-refractivity contribution is -0.126. The minimum Gasteiger partial charge on any atom is -0.355 e. The fraction of sp³-hybridized carbons (Fsp3) is 0.417. The van der Waals surface area contributed by atoms with Gasteiger partial charge in [-0.1, -0.05) is 6.92 Å². The zero-order chi connectivity index (χ0) is 14.3. The smallest absolute Gasteiger partial charge is 0.251 e. The van der Waals surface area contributed by atoms with Crippen molar-refractivity contribution >= 4 is 27.7 Å². The van der Waals surface area contributed by atoms with E-state index in [9.17, 15) is 14.4 Å². The van der Waals surface area contributed by atoms with E-state index in [1.54, 1.807) is 6.07 Å². The molecule has 1 heterocycles. The zero-order valence-corrected chi connectivity index (χ0v) is 12.2. The zero-order valence-electron chi connectivity index (χ0n) is 10.6. The topological polar surface area (TPSA) is 80.2 Å². The largest absolute Gasteiger partial charge is 0.355 e. The minimum absolute atomic E-state index is 0.0818. The maximum Gasteiger partial charge on any atom is 0.251 e. The first kappa shape index (κ1) is 15.4. The molecule has 0 aliphatic carbocycles. The van der Waals surface area contributed by atoms with Gasteiger partial charge in [0.2, 0.25) is 11.8 Å². The number of rotatable bonds is 6. The van der Waals surface area contributed by atoms with Crippen molar-refractivity contribution in [1.82, 2.24) is 15.2 Å². The lowest BCUT2D eigenvalue weighted by Gasteiger charge is -2.08. The van der Waals surface area contributed by atoms with Crippen LogP contribution in [0.3, 0.4) is 0 Å². The lowest BCUT2D eigenvalue weighted by atomic mass is 10.4. The average Bonchev–Trinajstić information content (AvgIpc) is 2.38. The Bertz CT molecular complexity index is 513. The van der Waals surface area contributed by atoms with Crippen LogP contribution in [0.2, 0.25) is 0 Å². The van der Waals surface area contributed by atoms with Crippen LogP contribution in [-0.4, -0.2) is 29.5 Å². The number of nitrogens with zero attached hydrogens (tertiary/aromatic N) is 1. The highest BCUT2D eigenvalue weighted by atomic mass is 79.9. The third-order valence-corrected chi connectivity index (χ3v) is 2.75. The molecule has 0 bridgehead atoms. The number of hydrogen-bond acceptors (Lipinski definition) is 3. The SMILES string of the molecule is CCCNC(=O)CNC(=O)Cn1cc(Br)ccc1=O. The molecule has 6 nitrogen and oxygen atoms in total. The standard InChI is InChI=1S/C12H16BrN3O3/c1-2-5-14-10(17)6-15-11(18)8-16-7-9(13)3-4-12(16)19/h3-4,7H,2,5-6,8H2,1H3,(H,14,17)(H,15,18). The molecule has 0 aliphatic rings. The molecule has 7 heteroatoms. The Morgan fingerprint density at radius 1 is 1.26 bits per heavy atom. The Balaban J connectivity index is 2.45. The molecule has 0 saturated heterocycles. The van der Waals surface area contributed by atoms with Crippen molar-refractivity contribution in [3.63, 3.8) is 0 Å². The Morgan fingerprint density at radius 3 is 2.68 bits per heavy atom. The van der Waals surface area contributed by atoms with E-state index in [0.29, 0.717) is 11.0 Å². The summed E-state index contributed by atoms with van der Waals surface area (Å²) >= 11 is 3.22. The molecule has 2 N–H and O–H groups in total.